The molecule has 0 aliphatic carbocycles. The molecule has 0 saturated heterocycles. The first-order chi connectivity index (χ1) is 32.0. The maximum absolute atomic E-state index is 12.8. The number of rotatable bonds is 47. The number of ether oxygens (including phenoxy) is 3. The molecule has 0 rings (SSSR count). The van der Waals surface area contributed by atoms with Crippen LogP contribution in [0.3, 0.4) is 0 Å². The van der Waals surface area contributed by atoms with Gasteiger partial charge in [-0.15, -0.1) is 0 Å². The summed E-state index contributed by atoms with van der Waals surface area (Å²) in [5, 5.41) is 0. The van der Waals surface area contributed by atoms with Gasteiger partial charge in [-0.3, -0.25) is 14.4 Å². The highest BCUT2D eigenvalue weighted by atomic mass is 16.6. The Morgan fingerprint density at radius 2 is 0.631 bits per heavy atom. The van der Waals surface area contributed by atoms with Crippen molar-refractivity contribution in [1.29, 1.82) is 0 Å². The van der Waals surface area contributed by atoms with E-state index in [1.807, 2.05) is 6.08 Å². The Hall–Kier alpha value is -3.67. The largest absolute Gasteiger partial charge is 0.462 e. The zero-order valence-corrected chi connectivity index (χ0v) is 42.2. The lowest BCUT2D eigenvalue weighted by Gasteiger charge is -2.18. The van der Waals surface area contributed by atoms with Crippen molar-refractivity contribution in [2.45, 2.75) is 245 Å². The molecular weight excluding hydrogens is 805 g/mol. The van der Waals surface area contributed by atoms with E-state index in [2.05, 4.69) is 112 Å². The minimum absolute atomic E-state index is 0.105. The minimum Gasteiger partial charge on any atom is -0.462 e. The van der Waals surface area contributed by atoms with E-state index in [-0.39, 0.29) is 37.5 Å². The summed E-state index contributed by atoms with van der Waals surface area (Å²) in [4.78, 5) is 38.0. The molecule has 0 saturated carbocycles. The van der Waals surface area contributed by atoms with E-state index in [0.29, 0.717) is 19.3 Å². The molecule has 0 fully saturated rings. The molecule has 0 amide bonds. The van der Waals surface area contributed by atoms with Crippen LogP contribution in [0.25, 0.3) is 0 Å². The number of hydrogen-bond donors (Lipinski definition) is 0. The number of carbonyl (C=O) groups is 3. The van der Waals surface area contributed by atoms with Gasteiger partial charge >= 0.3 is 17.9 Å². The van der Waals surface area contributed by atoms with Crippen LogP contribution in [0.1, 0.15) is 239 Å². The smallest absolute Gasteiger partial charge is 0.306 e. The molecule has 0 spiro atoms. The van der Waals surface area contributed by atoms with E-state index in [9.17, 15) is 14.4 Å². The zero-order chi connectivity index (χ0) is 47.2. The third kappa shape index (κ3) is 51.2. The Balaban J connectivity index is 4.51. The Labute approximate surface area is 400 Å². The number of allylic oxidation sites excluding steroid dienone is 16. The maximum Gasteiger partial charge on any atom is 0.306 e. The summed E-state index contributed by atoms with van der Waals surface area (Å²) in [5.74, 6) is -1.00. The van der Waals surface area contributed by atoms with Crippen molar-refractivity contribution < 1.29 is 28.6 Å². The first kappa shape index (κ1) is 61.3. The van der Waals surface area contributed by atoms with Crippen molar-refractivity contribution in [3.63, 3.8) is 0 Å². The van der Waals surface area contributed by atoms with Gasteiger partial charge < -0.3 is 14.2 Å². The van der Waals surface area contributed by atoms with E-state index in [1.165, 1.54) is 89.9 Å². The quantitative estimate of drug-likeness (QED) is 0.0262. The molecule has 0 radical (unpaired) electrons. The van der Waals surface area contributed by atoms with Crippen molar-refractivity contribution in [2.75, 3.05) is 13.2 Å². The highest BCUT2D eigenvalue weighted by molar-refractivity contribution is 5.71. The number of esters is 3. The van der Waals surface area contributed by atoms with Gasteiger partial charge in [0.05, 0.1) is 0 Å². The molecule has 0 aliphatic rings. The van der Waals surface area contributed by atoms with Crippen molar-refractivity contribution >= 4 is 17.9 Å². The molecule has 0 aromatic carbocycles. The monoisotopic (exact) mass is 903 g/mol. The fourth-order valence-corrected chi connectivity index (χ4v) is 7.15. The first-order valence-corrected chi connectivity index (χ1v) is 26.7. The van der Waals surface area contributed by atoms with E-state index >= 15 is 0 Å². The fourth-order valence-electron chi connectivity index (χ4n) is 7.15. The highest BCUT2D eigenvalue weighted by Crippen LogP contribution is 2.15. The van der Waals surface area contributed by atoms with Crippen LogP contribution in [0.15, 0.2) is 97.2 Å². The number of carbonyl (C=O) groups excluding carboxylic acids is 3. The summed E-state index contributed by atoms with van der Waals surface area (Å²) < 4.78 is 16.7. The van der Waals surface area contributed by atoms with Crippen molar-refractivity contribution in [2.24, 2.45) is 0 Å². The van der Waals surface area contributed by atoms with Crippen molar-refractivity contribution in [1.82, 2.24) is 0 Å². The summed E-state index contributed by atoms with van der Waals surface area (Å²) in [7, 11) is 0. The second-order valence-electron chi connectivity index (χ2n) is 17.4. The summed E-state index contributed by atoms with van der Waals surface area (Å²) in [6.45, 7) is 6.34. The van der Waals surface area contributed by atoms with Gasteiger partial charge in [-0.25, -0.2) is 0 Å². The average molecular weight is 903 g/mol. The molecule has 1 atom stereocenters. The number of unbranched alkanes of at least 4 members (excludes halogenated alkanes) is 20. The van der Waals surface area contributed by atoms with E-state index < -0.39 is 6.10 Å². The van der Waals surface area contributed by atoms with E-state index in [4.69, 9.17) is 14.2 Å². The Kier molecular flexibility index (Phi) is 50.0. The van der Waals surface area contributed by atoms with Crippen molar-refractivity contribution in [3.05, 3.63) is 97.2 Å². The SMILES string of the molecule is CC/C=C\C/C=C\C/C=C\C/C=C\C/C=C\CCC(=O)OCC(COC(=O)CCCCCCCCCCCCCCCCC)OC(=O)CCCCCCCC/C=C\C/C=C\C/C=C\CC. The van der Waals surface area contributed by atoms with Gasteiger partial charge in [-0.2, -0.15) is 0 Å². The molecule has 6 heteroatoms. The second-order valence-corrected chi connectivity index (χ2v) is 17.4. The maximum atomic E-state index is 12.8. The standard InChI is InChI=1S/C59H98O6/c1-4-7-10-13-16-19-22-25-28-31-34-37-40-43-46-49-52-58(61)64-55-56(54-63-57(60)51-48-45-42-39-36-33-30-27-24-21-18-15-12-9-6-3)65-59(62)53-50-47-44-41-38-35-32-29-26-23-20-17-14-11-8-5-2/h7-8,10-11,16-17,19-20,25-26,28-29,34,37,43,46,56H,4-6,9,12-15,18,21-24,27,30-33,35-36,38-42,44-45,47-55H2,1-3H3/b10-7-,11-8-,19-16-,20-17-,28-25-,29-26-,37-34-,46-43-. The molecule has 0 N–H and O–H groups in total. The van der Waals surface area contributed by atoms with Crippen LogP contribution < -0.4 is 0 Å². The fraction of sp³-hybridized carbons (Fsp3) is 0.678. The summed E-state index contributed by atoms with van der Waals surface area (Å²) in [6.07, 6.45) is 69.7. The lowest BCUT2D eigenvalue weighted by molar-refractivity contribution is -0.166. The van der Waals surface area contributed by atoms with Crippen LogP contribution in [0.2, 0.25) is 0 Å². The summed E-state index contributed by atoms with van der Waals surface area (Å²) in [5.41, 5.74) is 0. The van der Waals surface area contributed by atoms with Crippen LogP contribution in [0.5, 0.6) is 0 Å². The lowest BCUT2D eigenvalue weighted by atomic mass is 10.0. The Bertz CT molecular complexity index is 1310. The predicted octanol–water partition coefficient (Wildman–Crippen LogP) is 17.8. The minimum atomic E-state index is -0.813. The lowest BCUT2D eigenvalue weighted by Crippen LogP contribution is -2.30. The Morgan fingerprint density at radius 3 is 1.03 bits per heavy atom. The average Bonchev–Trinajstić information content (AvgIpc) is 3.30. The Morgan fingerprint density at radius 1 is 0.323 bits per heavy atom. The normalized spacial score (nSPS) is 12.8. The van der Waals surface area contributed by atoms with Gasteiger partial charge in [-0.05, 0) is 83.5 Å². The molecule has 370 valence electrons. The van der Waals surface area contributed by atoms with Gasteiger partial charge in [0.2, 0.25) is 0 Å². The van der Waals surface area contributed by atoms with Crippen LogP contribution in [-0.2, 0) is 28.6 Å². The van der Waals surface area contributed by atoms with Gasteiger partial charge in [0, 0.05) is 19.3 Å². The second kappa shape index (κ2) is 52.9. The van der Waals surface area contributed by atoms with Crippen LogP contribution in [-0.4, -0.2) is 37.2 Å². The molecule has 6 nitrogen and oxygen atoms in total. The molecule has 1 unspecified atom stereocenters. The van der Waals surface area contributed by atoms with Gasteiger partial charge in [-0.1, -0.05) is 234 Å². The molecule has 65 heavy (non-hydrogen) atoms. The van der Waals surface area contributed by atoms with E-state index in [0.717, 1.165) is 103 Å². The summed E-state index contributed by atoms with van der Waals surface area (Å²) in [6, 6.07) is 0. The molecule has 0 aromatic heterocycles. The molecule has 0 aliphatic heterocycles. The van der Waals surface area contributed by atoms with Crippen LogP contribution >= 0.6 is 0 Å². The molecule has 0 bridgehead atoms. The van der Waals surface area contributed by atoms with Gasteiger partial charge in [0.1, 0.15) is 13.2 Å². The van der Waals surface area contributed by atoms with Gasteiger partial charge in [0.25, 0.3) is 0 Å². The van der Waals surface area contributed by atoms with Crippen LogP contribution in [0.4, 0.5) is 0 Å². The molecular formula is C59H98O6. The van der Waals surface area contributed by atoms with E-state index in [1.54, 1.807) is 0 Å². The third-order valence-electron chi connectivity index (χ3n) is 11.1. The van der Waals surface area contributed by atoms with Crippen molar-refractivity contribution in [3.8, 4) is 0 Å². The molecule has 0 heterocycles. The third-order valence-corrected chi connectivity index (χ3v) is 11.1. The van der Waals surface area contributed by atoms with Gasteiger partial charge in [0.15, 0.2) is 6.10 Å². The summed E-state index contributed by atoms with van der Waals surface area (Å²) >= 11 is 0. The van der Waals surface area contributed by atoms with Crippen LogP contribution in [0, 0.1) is 0 Å². The zero-order valence-electron chi connectivity index (χ0n) is 42.2. The molecule has 0 aromatic rings. The highest BCUT2D eigenvalue weighted by Gasteiger charge is 2.19. The topological polar surface area (TPSA) is 78.9 Å². The predicted molar refractivity (Wildman–Crippen MR) is 279 cm³/mol. The first-order valence-electron chi connectivity index (χ1n) is 26.7. The number of hydrogen-bond acceptors (Lipinski definition) is 6.